The smallest absolute Gasteiger partial charge is 0.407 e. The maximum atomic E-state index is 14.8. The van der Waals surface area contributed by atoms with E-state index in [9.17, 15) is 28.0 Å². The Morgan fingerprint density at radius 2 is 2.00 bits per heavy atom. The van der Waals surface area contributed by atoms with Crippen LogP contribution in [-0.2, 0) is 16.6 Å². The van der Waals surface area contributed by atoms with Crippen molar-refractivity contribution < 1.29 is 22.7 Å². The van der Waals surface area contributed by atoms with Gasteiger partial charge in [0.2, 0.25) is 0 Å². The number of nitriles is 1. The van der Waals surface area contributed by atoms with Crippen LogP contribution in [0, 0.1) is 22.6 Å². The number of hydrogen-bond acceptors (Lipinski definition) is 5. The van der Waals surface area contributed by atoms with Crippen molar-refractivity contribution in [1.29, 1.82) is 5.26 Å². The van der Waals surface area contributed by atoms with Gasteiger partial charge in [0.15, 0.2) is 0 Å². The largest absolute Gasteiger partial charge is 0.465 e. The normalized spacial score (nSPS) is 11.7. The number of nitrogens with zero attached hydrogens (tertiary/aromatic N) is 4. The van der Waals surface area contributed by atoms with E-state index < -0.39 is 21.9 Å². The van der Waals surface area contributed by atoms with E-state index in [4.69, 9.17) is 0 Å². The molecule has 0 atom stereocenters. The minimum absolute atomic E-state index is 0.0236. The van der Waals surface area contributed by atoms with Gasteiger partial charge in [-0.15, -0.1) is 0 Å². The number of benzene rings is 1. The van der Waals surface area contributed by atoms with Gasteiger partial charge in [0.25, 0.3) is 10.0 Å². The fraction of sp³-hybridized carbons (Fsp3) is 0.261. The van der Waals surface area contributed by atoms with E-state index in [2.05, 4.69) is 4.98 Å². The second-order valence-electron chi connectivity index (χ2n) is 8.73. The minimum atomic E-state index is -4.19. The Labute approximate surface area is 191 Å². The molecule has 33 heavy (non-hydrogen) atoms. The molecule has 0 unspecified atom stereocenters. The van der Waals surface area contributed by atoms with E-state index in [1.54, 1.807) is 0 Å². The Morgan fingerprint density at radius 3 is 2.58 bits per heavy atom. The summed E-state index contributed by atoms with van der Waals surface area (Å²) in [5.74, 6) is -0.717. The van der Waals surface area contributed by atoms with Crippen LogP contribution in [0.25, 0.3) is 11.3 Å². The quantitative estimate of drug-likeness (QED) is 0.573. The third-order valence-electron chi connectivity index (χ3n) is 4.71. The molecular weight excluding hydrogens is 447 g/mol. The van der Waals surface area contributed by atoms with Gasteiger partial charge in [-0.3, -0.25) is 4.98 Å². The summed E-state index contributed by atoms with van der Waals surface area (Å²) in [6.07, 6.45) is 2.71. The topological polar surface area (TPSA) is 116 Å². The predicted octanol–water partition coefficient (Wildman–Crippen LogP) is 4.32. The summed E-state index contributed by atoms with van der Waals surface area (Å²) >= 11 is 0. The van der Waals surface area contributed by atoms with Crippen molar-refractivity contribution in [2.24, 2.45) is 5.41 Å². The molecule has 3 rings (SSSR count). The van der Waals surface area contributed by atoms with E-state index in [1.165, 1.54) is 53.8 Å². The van der Waals surface area contributed by atoms with Crippen LogP contribution in [-0.4, -0.2) is 40.0 Å². The highest BCUT2D eigenvalue weighted by Crippen LogP contribution is 2.30. The van der Waals surface area contributed by atoms with Gasteiger partial charge in [-0.1, -0.05) is 20.8 Å². The molecule has 172 valence electrons. The molecule has 1 N–H and O–H groups in total. The van der Waals surface area contributed by atoms with Crippen molar-refractivity contribution in [1.82, 2.24) is 13.9 Å². The maximum absolute atomic E-state index is 14.8. The zero-order valence-corrected chi connectivity index (χ0v) is 19.2. The summed E-state index contributed by atoms with van der Waals surface area (Å²) in [5.41, 5.74) is 0.0546. The molecule has 2 heterocycles. The van der Waals surface area contributed by atoms with Crippen molar-refractivity contribution in [2.45, 2.75) is 32.2 Å². The first kappa shape index (κ1) is 23.9. The van der Waals surface area contributed by atoms with Crippen molar-refractivity contribution >= 4 is 16.1 Å². The van der Waals surface area contributed by atoms with E-state index in [-0.39, 0.29) is 40.2 Å². The number of carbonyl (C=O) groups is 1. The average molecular weight is 471 g/mol. The second kappa shape index (κ2) is 9.03. The van der Waals surface area contributed by atoms with E-state index in [1.807, 2.05) is 26.8 Å². The molecule has 0 aliphatic carbocycles. The van der Waals surface area contributed by atoms with Gasteiger partial charge < -0.3 is 10.0 Å². The van der Waals surface area contributed by atoms with Gasteiger partial charge in [-0.2, -0.15) is 5.26 Å². The molecule has 8 nitrogen and oxygen atoms in total. The Kier molecular flexibility index (Phi) is 6.56. The van der Waals surface area contributed by atoms with Crippen molar-refractivity contribution in [3.05, 3.63) is 71.9 Å². The monoisotopic (exact) mass is 470 g/mol. The van der Waals surface area contributed by atoms with Crippen molar-refractivity contribution in [2.75, 3.05) is 6.54 Å². The Morgan fingerprint density at radius 1 is 1.27 bits per heavy atom. The van der Waals surface area contributed by atoms with Crippen LogP contribution in [0.5, 0.6) is 0 Å². The van der Waals surface area contributed by atoms with E-state index in [0.717, 1.165) is 10.0 Å². The summed E-state index contributed by atoms with van der Waals surface area (Å²) < 4.78 is 42.4. The number of hydrogen-bond donors (Lipinski definition) is 1. The molecule has 0 aliphatic rings. The molecule has 0 saturated heterocycles. The predicted molar refractivity (Wildman–Crippen MR) is 119 cm³/mol. The summed E-state index contributed by atoms with van der Waals surface area (Å²) in [4.78, 5) is 16.7. The molecule has 3 aromatic rings. The first-order valence-electron chi connectivity index (χ1n) is 9.97. The molecule has 0 aliphatic heterocycles. The van der Waals surface area contributed by atoms with Gasteiger partial charge in [-0.05, 0) is 47.4 Å². The number of rotatable bonds is 6. The van der Waals surface area contributed by atoms with Crippen molar-refractivity contribution in [3.63, 3.8) is 0 Å². The van der Waals surface area contributed by atoms with Crippen LogP contribution in [0.1, 0.15) is 31.9 Å². The van der Waals surface area contributed by atoms with Gasteiger partial charge in [0, 0.05) is 30.7 Å². The van der Waals surface area contributed by atoms with Gasteiger partial charge in [0.05, 0.1) is 23.9 Å². The summed E-state index contributed by atoms with van der Waals surface area (Å²) in [5, 5.41) is 18.9. The molecule has 0 spiro atoms. The molecular formula is C23H23FN4O4S. The first-order chi connectivity index (χ1) is 15.4. The summed E-state index contributed by atoms with van der Waals surface area (Å²) in [7, 11) is -4.19. The standard InChI is InChI=1S/C23H23FN4O4S/c1-23(2,3)15-27(22(29)30)13-17-10-21(19-9-16(11-25)6-7-20(19)24)28(14-17)33(31,32)18-5-4-8-26-12-18/h4-10,12,14H,13,15H2,1-3H3,(H,29,30). The number of amides is 1. The average Bonchev–Trinajstić information content (AvgIpc) is 3.18. The lowest BCUT2D eigenvalue weighted by molar-refractivity contribution is 0.123. The van der Waals surface area contributed by atoms with Crippen LogP contribution >= 0.6 is 0 Å². The molecule has 0 bridgehead atoms. The third kappa shape index (κ3) is 5.38. The highest BCUT2D eigenvalue weighted by molar-refractivity contribution is 7.90. The lowest BCUT2D eigenvalue weighted by atomic mass is 9.96. The minimum Gasteiger partial charge on any atom is -0.465 e. The molecule has 0 radical (unpaired) electrons. The fourth-order valence-corrected chi connectivity index (χ4v) is 4.72. The molecule has 1 aromatic carbocycles. The Hall–Kier alpha value is -3.71. The van der Waals surface area contributed by atoms with E-state index in [0.29, 0.717) is 5.56 Å². The van der Waals surface area contributed by atoms with Crippen molar-refractivity contribution in [3.8, 4) is 17.3 Å². The molecule has 10 heteroatoms. The SMILES string of the molecule is CC(C)(C)CN(Cc1cc(-c2cc(C#N)ccc2F)n(S(=O)(=O)c2cccnc2)c1)C(=O)O. The zero-order valence-electron chi connectivity index (χ0n) is 18.4. The van der Waals surface area contributed by atoms with Crippen LogP contribution in [0.2, 0.25) is 0 Å². The van der Waals surface area contributed by atoms with E-state index >= 15 is 0 Å². The number of carboxylic acid groups (broad SMARTS) is 1. The highest BCUT2D eigenvalue weighted by Gasteiger charge is 2.26. The van der Waals surface area contributed by atoms with Gasteiger partial charge in [0.1, 0.15) is 10.7 Å². The molecule has 0 saturated carbocycles. The van der Waals surface area contributed by atoms with Crippen LogP contribution < -0.4 is 0 Å². The van der Waals surface area contributed by atoms with Crippen LogP contribution in [0.3, 0.4) is 0 Å². The lowest BCUT2D eigenvalue weighted by Crippen LogP contribution is -2.36. The Balaban J connectivity index is 2.19. The number of halogens is 1. The summed E-state index contributed by atoms with van der Waals surface area (Å²) in [6, 6.07) is 9.79. The number of aromatic nitrogens is 2. The molecule has 0 fully saturated rings. The van der Waals surface area contributed by atoms with Gasteiger partial charge >= 0.3 is 6.09 Å². The molecule has 1 amide bonds. The summed E-state index contributed by atoms with van der Waals surface area (Å²) in [6.45, 7) is 5.75. The highest BCUT2D eigenvalue weighted by atomic mass is 32.2. The fourth-order valence-electron chi connectivity index (χ4n) is 3.37. The van der Waals surface area contributed by atoms with Gasteiger partial charge in [-0.25, -0.2) is 21.6 Å². The third-order valence-corrected chi connectivity index (χ3v) is 6.37. The maximum Gasteiger partial charge on any atom is 0.407 e. The molecule has 2 aromatic heterocycles. The number of pyridine rings is 1. The lowest BCUT2D eigenvalue weighted by Gasteiger charge is -2.27. The van der Waals surface area contributed by atoms with Crippen LogP contribution in [0.15, 0.2) is 59.9 Å². The Bertz CT molecular complexity index is 1320. The zero-order chi connectivity index (χ0) is 24.4. The first-order valence-corrected chi connectivity index (χ1v) is 11.4. The van der Waals surface area contributed by atoms with Crippen LogP contribution in [0.4, 0.5) is 9.18 Å². The second-order valence-corrected chi connectivity index (χ2v) is 10.5.